The Morgan fingerprint density at radius 1 is 1.07 bits per heavy atom. The highest BCUT2D eigenvalue weighted by Gasteiger charge is 2.37. The first-order valence-corrected chi connectivity index (χ1v) is 9.40. The van der Waals surface area contributed by atoms with Crippen LogP contribution in [0.25, 0.3) is 33.1 Å². The van der Waals surface area contributed by atoms with E-state index in [-0.39, 0.29) is 5.56 Å². The Hall–Kier alpha value is -2.90. The van der Waals surface area contributed by atoms with E-state index in [4.69, 9.17) is 0 Å². The van der Waals surface area contributed by atoms with Crippen LogP contribution in [-0.2, 0) is 6.18 Å². The molecule has 0 amide bonds. The Labute approximate surface area is 158 Å². The van der Waals surface area contributed by atoms with E-state index in [0.29, 0.717) is 17.1 Å². The fourth-order valence-electron chi connectivity index (χ4n) is 4.36. The Morgan fingerprint density at radius 2 is 1.89 bits per heavy atom. The molecule has 5 rings (SSSR count). The first kappa shape index (κ1) is 17.2. The van der Waals surface area contributed by atoms with Gasteiger partial charge < -0.3 is 0 Å². The maximum atomic E-state index is 13.4. The average Bonchev–Trinajstić information content (AvgIpc) is 3.36. The van der Waals surface area contributed by atoms with E-state index in [2.05, 4.69) is 25.4 Å². The number of halogens is 3. The van der Waals surface area contributed by atoms with Crippen LogP contribution in [0.4, 0.5) is 13.2 Å². The first-order chi connectivity index (χ1) is 13.5. The van der Waals surface area contributed by atoms with Gasteiger partial charge in [-0.2, -0.15) is 23.4 Å². The first-order valence-electron chi connectivity index (χ1n) is 9.40. The molecule has 3 aromatic heterocycles. The molecule has 1 aliphatic rings. The summed E-state index contributed by atoms with van der Waals surface area (Å²) in [5, 5.41) is 14.8. The van der Waals surface area contributed by atoms with Crippen molar-refractivity contribution in [1.29, 1.82) is 0 Å². The molecule has 1 aliphatic carbocycles. The summed E-state index contributed by atoms with van der Waals surface area (Å²) in [5.41, 5.74) is 2.00. The minimum Gasteiger partial charge on any atom is -0.284 e. The molecule has 1 saturated carbocycles. The minimum absolute atomic E-state index is 0.0150. The summed E-state index contributed by atoms with van der Waals surface area (Å²) in [7, 11) is 0. The molecule has 4 aromatic rings. The number of fused-ring (bicyclic) bond motifs is 3. The number of aromatic amines is 2. The van der Waals surface area contributed by atoms with Crippen LogP contribution >= 0.6 is 0 Å². The largest absolute Gasteiger partial charge is 0.435 e. The van der Waals surface area contributed by atoms with Crippen molar-refractivity contribution in [1.82, 2.24) is 25.4 Å². The summed E-state index contributed by atoms with van der Waals surface area (Å²) in [6.45, 7) is 0. The predicted molar refractivity (Wildman–Crippen MR) is 99.8 cm³/mol. The molecule has 144 valence electrons. The monoisotopic (exact) mass is 385 g/mol. The fraction of sp³-hybridized carbons (Fsp3) is 0.350. The van der Waals surface area contributed by atoms with Gasteiger partial charge in [0.2, 0.25) is 0 Å². The Balaban J connectivity index is 1.79. The van der Waals surface area contributed by atoms with Gasteiger partial charge in [-0.3, -0.25) is 10.2 Å². The van der Waals surface area contributed by atoms with Crippen LogP contribution in [0.2, 0.25) is 0 Å². The maximum absolute atomic E-state index is 13.4. The number of aromatic nitrogens is 5. The van der Waals surface area contributed by atoms with Crippen LogP contribution in [0, 0.1) is 0 Å². The summed E-state index contributed by atoms with van der Waals surface area (Å²) in [5.74, 6) is 0.305. The average molecular weight is 385 g/mol. The lowest BCUT2D eigenvalue weighted by Crippen LogP contribution is -2.09. The number of nitrogens with one attached hydrogen (secondary N) is 2. The number of hydrogen-bond acceptors (Lipinski definition) is 3. The molecule has 8 heteroatoms. The predicted octanol–water partition coefficient (Wildman–Crippen LogP) is 5.57. The second-order valence-electron chi connectivity index (χ2n) is 7.37. The topological polar surface area (TPSA) is 70.2 Å². The molecular formula is C20H18F3N5. The molecule has 0 radical (unpaired) electrons. The van der Waals surface area contributed by atoms with Crippen molar-refractivity contribution in [2.45, 2.75) is 44.2 Å². The number of rotatable bonds is 2. The van der Waals surface area contributed by atoms with Crippen molar-refractivity contribution in [2.24, 2.45) is 0 Å². The third-order valence-corrected chi connectivity index (χ3v) is 5.65. The van der Waals surface area contributed by atoms with Crippen molar-refractivity contribution in [3.8, 4) is 11.3 Å². The van der Waals surface area contributed by atoms with E-state index in [1.165, 1.54) is 12.6 Å². The van der Waals surface area contributed by atoms with Crippen LogP contribution in [-0.4, -0.2) is 25.4 Å². The molecule has 1 fully saturated rings. The smallest absolute Gasteiger partial charge is 0.284 e. The van der Waals surface area contributed by atoms with E-state index < -0.39 is 11.9 Å². The van der Waals surface area contributed by atoms with Gasteiger partial charge in [0, 0.05) is 17.0 Å². The van der Waals surface area contributed by atoms with E-state index >= 15 is 0 Å². The number of alkyl halides is 3. The van der Waals surface area contributed by atoms with E-state index in [1.54, 1.807) is 6.20 Å². The summed E-state index contributed by atoms with van der Waals surface area (Å²) in [4.78, 5) is 4.58. The van der Waals surface area contributed by atoms with Gasteiger partial charge in [0.1, 0.15) is 0 Å². The molecule has 0 saturated heterocycles. The number of benzene rings is 1. The lowest BCUT2D eigenvalue weighted by molar-refractivity contribution is -0.140. The summed E-state index contributed by atoms with van der Waals surface area (Å²) >= 11 is 0. The Bertz CT molecular complexity index is 1150. The van der Waals surface area contributed by atoms with Gasteiger partial charge in [-0.1, -0.05) is 19.3 Å². The summed E-state index contributed by atoms with van der Waals surface area (Å²) in [6, 6.07) is 5.54. The minimum atomic E-state index is -4.54. The molecule has 0 aliphatic heterocycles. The highest BCUT2D eigenvalue weighted by atomic mass is 19.4. The molecule has 0 unspecified atom stereocenters. The zero-order valence-corrected chi connectivity index (χ0v) is 15.0. The second-order valence-corrected chi connectivity index (χ2v) is 7.37. The third-order valence-electron chi connectivity index (χ3n) is 5.65. The Morgan fingerprint density at radius 3 is 2.68 bits per heavy atom. The number of H-pyrrole nitrogens is 2. The lowest BCUT2D eigenvalue weighted by Gasteiger charge is -2.24. The van der Waals surface area contributed by atoms with Crippen LogP contribution in [0.5, 0.6) is 0 Å². The highest BCUT2D eigenvalue weighted by Crippen LogP contribution is 2.41. The van der Waals surface area contributed by atoms with E-state index in [9.17, 15) is 13.2 Å². The maximum Gasteiger partial charge on any atom is 0.435 e. The van der Waals surface area contributed by atoms with Crippen LogP contribution in [0.3, 0.4) is 0 Å². The van der Waals surface area contributed by atoms with E-state index in [1.807, 2.05) is 18.2 Å². The third kappa shape index (κ3) is 2.75. The SMILES string of the molecule is FC(F)(F)c1n[nH]cc1-c1cc(C2CCCCC2)c2c(ccc3[nH]ncc32)n1. The van der Waals surface area contributed by atoms with Gasteiger partial charge in [-0.25, -0.2) is 4.98 Å². The van der Waals surface area contributed by atoms with Crippen molar-refractivity contribution >= 4 is 21.8 Å². The molecule has 2 N–H and O–H groups in total. The fourth-order valence-corrected chi connectivity index (χ4v) is 4.36. The highest BCUT2D eigenvalue weighted by molar-refractivity contribution is 6.07. The van der Waals surface area contributed by atoms with Crippen molar-refractivity contribution < 1.29 is 13.2 Å². The zero-order chi connectivity index (χ0) is 19.3. The summed E-state index contributed by atoms with van der Waals surface area (Å²) in [6.07, 6.45) is 4.03. The van der Waals surface area contributed by atoms with Crippen LogP contribution in [0.15, 0.2) is 30.6 Å². The van der Waals surface area contributed by atoms with Gasteiger partial charge >= 0.3 is 6.18 Å². The molecule has 0 atom stereocenters. The number of hydrogen-bond donors (Lipinski definition) is 2. The van der Waals surface area contributed by atoms with Crippen molar-refractivity contribution in [3.05, 3.63) is 41.9 Å². The van der Waals surface area contributed by atoms with Gasteiger partial charge in [0.05, 0.1) is 28.5 Å². The van der Waals surface area contributed by atoms with Gasteiger partial charge in [-0.05, 0) is 42.5 Å². The van der Waals surface area contributed by atoms with E-state index in [0.717, 1.165) is 47.5 Å². The second kappa shape index (κ2) is 6.32. The number of pyridine rings is 1. The van der Waals surface area contributed by atoms with Gasteiger partial charge in [0.15, 0.2) is 5.69 Å². The molecule has 5 nitrogen and oxygen atoms in total. The molecule has 1 aromatic carbocycles. The quantitative estimate of drug-likeness (QED) is 0.474. The van der Waals surface area contributed by atoms with Crippen molar-refractivity contribution in [2.75, 3.05) is 0 Å². The van der Waals surface area contributed by atoms with Gasteiger partial charge in [-0.15, -0.1) is 0 Å². The molecular weight excluding hydrogens is 367 g/mol. The lowest BCUT2D eigenvalue weighted by atomic mass is 9.81. The molecule has 28 heavy (non-hydrogen) atoms. The number of nitrogens with zero attached hydrogens (tertiary/aromatic N) is 3. The standard InChI is InChI=1S/C20H18F3N5/c21-20(22,23)19-14(10-25-28-19)17-8-12(11-4-2-1-3-5-11)18-13-9-24-27-15(13)6-7-16(18)26-17/h6-11H,1-5H2,(H,24,27)(H,25,28). The van der Waals surface area contributed by atoms with Crippen LogP contribution < -0.4 is 0 Å². The van der Waals surface area contributed by atoms with Crippen LogP contribution in [0.1, 0.15) is 49.3 Å². The van der Waals surface area contributed by atoms with Gasteiger partial charge in [0.25, 0.3) is 0 Å². The molecule has 3 heterocycles. The molecule has 0 bridgehead atoms. The normalized spacial score (nSPS) is 16.2. The Kier molecular flexibility index (Phi) is 3.89. The molecule has 0 spiro atoms. The summed E-state index contributed by atoms with van der Waals surface area (Å²) < 4.78 is 40.1. The zero-order valence-electron chi connectivity index (χ0n) is 15.0. The van der Waals surface area contributed by atoms with Crippen molar-refractivity contribution in [3.63, 3.8) is 0 Å².